The molecule has 3 aliphatic carbocycles. The van der Waals surface area contributed by atoms with Gasteiger partial charge in [-0.1, -0.05) is 91.0 Å². The summed E-state index contributed by atoms with van der Waals surface area (Å²) in [5, 5.41) is 6.30. The molecule has 2 heterocycles. The van der Waals surface area contributed by atoms with Crippen molar-refractivity contribution in [2.24, 2.45) is 17.3 Å². The number of amides is 3. The van der Waals surface area contributed by atoms with Crippen LogP contribution in [0.3, 0.4) is 0 Å². The van der Waals surface area contributed by atoms with Gasteiger partial charge in [0.05, 0.1) is 5.54 Å². The summed E-state index contributed by atoms with van der Waals surface area (Å²) in [5.74, 6) is 1.07. The van der Waals surface area contributed by atoms with Gasteiger partial charge in [-0.05, 0) is 69.1 Å². The Morgan fingerprint density at radius 2 is 1.78 bits per heavy atom. The number of hydrogen-bond acceptors (Lipinski definition) is 5. The number of hydrogen-bond donors (Lipinski definition) is 2. The number of allylic oxidation sites excluding steroid dienone is 5. The predicted molar refractivity (Wildman–Crippen MR) is 182 cm³/mol. The predicted octanol–water partition coefficient (Wildman–Crippen LogP) is 5.89. The van der Waals surface area contributed by atoms with E-state index >= 15 is 0 Å². The fraction of sp³-hybridized carbons (Fsp3) is 0.703. The molecule has 0 radical (unpaired) electrons. The number of likely N-dealkylation sites (N-methyl/N-ethyl adjacent to an activating group) is 2. The monoisotopic (exact) mass is 621 g/mol. The van der Waals surface area contributed by atoms with Crippen LogP contribution in [-0.4, -0.2) is 77.2 Å². The fourth-order valence-electron chi connectivity index (χ4n) is 8.65. The van der Waals surface area contributed by atoms with E-state index < -0.39 is 5.54 Å². The average Bonchev–Trinajstić information content (AvgIpc) is 3.65. The minimum absolute atomic E-state index is 0.0603. The maximum absolute atomic E-state index is 14.3. The van der Waals surface area contributed by atoms with Crippen molar-refractivity contribution in [1.29, 1.82) is 0 Å². The number of fused-ring (bicyclic) bond motifs is 1. The van der Waals surface area contributed by atoms with Crippen LogP contribution in [0.25, 0.3) is 0 Å². The first-order chi connectivity index (χ1) is 21.6. The molecular weight excluding hydrogens is 562 g/mol. The number of carbonyl (C=O) groups excluding carboxylic acids is 3. The molecule has 8 heteroatoms. The molecule has 250 valence electrons. The van der Waals surface area contributed by atoms with Gasteiger partial charge in [0.2, 0.25) is 17.7 Å². The zero-order chi connectivity index (χ0) is 32.8. The number of nitrogens with zero attached hydrogens (tertiary/aromatic N) is 3. The molecular formula is C37H59N5O3. The van der Waals surface area contributed by atoms with Crippen LogP contribution in [0.5, 0.6) is 0 Å². The van der Waals surface area contributed by atoms with Gasteiger partial charge >= 0.3 is 0 Å². The Morgan fingerprint density at radius 1 is 1.04 bits per heavy atom. The number of piperazine rings is 1. The highest BCUT2D eigenvalue weighted by molar-refractivity contribution is 5.92. The van der Waals surface area contributed by atoms with Crippen LogP contribution in [-0.2, 0) is 14.4 Å². The second kappa shape index (κ2) is 14.7. The number of carbonyl (C=O) groups is 3. The van der Waals surface area contributed by atoms with Crippen molar-refractivity contribution in [1.82, 2.24) is 25.3 Å². The molecule has 3 fully saturated rings. The highest BCUT2D eigenvalue weighted by Crippen LogP contribution is 2.50. The lowest BCUT2D eigenvalue weighted by molar-refractivity contribution is -0.167. The smallest absolute Gasteiger partial charge is 0.244 e. The summed E-state index contributed by atoms with van der Waals surface area (Å²) in [4.78, 5) is 47.6. The Bertz CT molecular complexity index is 1210. The lowest BCUT2D eigenvalue weighted by atomic mass is 9.76. The molecule has 0 aromatic carbocycles. The fourth-order valence-corrected chi connectivity index (χ4v) is 8.65. The van der Waals surface area contributed by atoms with E-state index in [9.17, 15) is 14.4 Å². The first-order valence-electron chi connectivity index (χ1n) is 17.7. The zero-order valence-corrected chi connectivity index (χ0v) is 29.1. The first kappa shape index (κ1) is 35.0. The summed E-state index contributed by atoms with van der Waals surface area (Å²) in [6.45, 7) is 12.3. The molecule has 0 aromatic heterocycles. The number of rotatable bonds is 10. The van der Waals surface area contributed by atoms with E-state index in [1.165, 1.54) is 0 Å². The molecule has 1 saturated heterocycles. The van der Waals surface area contributed by atoms with Crippen LogP contribution in [0.1, 0.15) is 105 Å². The molecule has 4 unspecified atom stereocenters. The molecule has 0 aromatic rings. The van der Waals surface area contributed by atoms with Crippen LogP contribution in [0, 0.1) is 17.3 Å². The van der Waals surface area contributed by atoms with Crippen LogP contribution < -0.4 is 10.6 Å². The quantitative estimate of drug-likeness (QED) is 0.318. The third kappa shape index (κ3) is 7.11. The second-order valence-corrected chi connectivity index (χ2v) is 14.2. The molecule has 2 aliphatic heterocycles. The Labute approximate surface area is 272 Å². The molecule has 0 bridgehead atoms. The molecule has 5 rings (SSSR count). The third-order valence-corrected chi connectivity index (χ3v) is 11.1. The SMILES string of the molecule is CC.CCCCC1(CCC)CN(C)C2(CCCC2)C(=O)N1CC(=O)NC1=CC2(C)CC(C(=O)NC3=CC=CCN3C)CC2C=C1. The van der Waals surface area contributed by atoms with Crippen molar-refractivity contribution >= 4 is 17.7 Å². The Hall–Kier alpha value is -2.87. The van der Waals surface area contributed by atoms with Gasteiger partial charge < -0.3 is 20.4 Å². The standard InChI is InChI=1S/C35H53N5O3.C2H6/c1-6-8-17-34(16-7-2)25-39(5)35(18-10-11-19-35)32(43)40(34)24-30(41)36-28-15-14-27-21-26(22-33(27,3)23-28)31(42)37-29-13-9-12-20-38(29)4;1-2/h9,12-15,23,26-27H,6-8,10-11,16-22,24-25H2,1-5H3,(H,36,41)(H,37,42);1-2H3. The van der Waals surface area contributed by atoms with E-state index in [0.717, 1.165) is 95.2 Å². The number of unbranched alkanes of at least 4 members (excludes halogenated alkanes) is 1. The van der Waals surface area contributed by atoms with Crippen molar-refractivity contribution in [3.63, 3.8) is 0 Å². The molecule has 8 nitrogen and oxygen atoms in total. The summed E-state index contributed by atoms with van der Waals surface area (Å²) in [6.07, 6.45) is 22.6. The van der Waals surface area contributed by atoms with E-state index in [4.69, 9.17) is 0 Å². The minimum atomic E-state index is -0.466. The molecule has 4 atom stereocenters. The molecule has 3 amide bonds. The Morgan fingerprint density at radius 3 is 2.44 bits per heavy atom. The van der Waals surface area contributed by atoms with Crippen LogP contribution in [0.4, 0.5) is 0 Å². The van der Waals surface area contributed by atoms with Crippen LogP contribution in [0.15, 0.2) is 48.0 Å². The zero-order valence-electron chi connectivity index (χ0n) is 29.1. The van der Waals surface area contributed by atoms with E-state index in [1.807, 2.05) is 48.9 Å². The van der Waals surface area contributed by atoms with E-state index in [1.54, 1.807) is 0 Å². The van der Waals surface area contributed by atoms with E-state index in [2.05, 4.69) is 61.6 Å². The minimum Gasteiger partial charge on any atom is -0.357 e. The van der Waals surface area contributed by atoms with E-state index in [-0.39, 0.29) is 47.1 Å². The van der Waals surface area contributed by atoms with Gasteiger partial charge in [-0.3, -0.25) is 19.3 Å². The maximum Gasteiger partial charge on any atom is 0.244 e. The van der Waals surface area contributed by atoms with Gasteiger partial charge in [-0.2, -0.15) is 0 Å². The Kier molecular flexibility index (Phi) is 11.4. The van der Waals surface area contributed by atoms with Crippen LogP contribution in [0.2, 0.25) is 0 Å². The summed E-state index contributed by atoms with van der Waals surface area (Å²) < 4.78 is 0. The van der Waals surface area contributed by atoms with Gasteiger partial charge in [0.1, 0.15) is 17.9 Å². The third-order valence-electron chi connectivity index (χ3n) is 11.1. The van der Waals surface area contributed by atoms with Crippen molar-refractivity contribution < 1.29 is 14.4 Å². The molecule has 5 aliphatic rings. The van der Waals surface area contributed by atoms with Crippen molar-refractivity contribution in [2.45, 2.75) is 116 Å². The topological polar surface area (TPSA) is 85.0 Å². The van der Waals surface area contributed by atoms with Gasteiger partial charge in [0.25, 0.3) is 0 Å². The largest absolute Gasteiger partial charge is 0.357 e. The molecule has 1 spiro atoms. The summed E-state index contributed by atoms with van der Waals surface area (Å²) >= 11 is 0. The molecule has 45 heavy (non-hydrogen) atoms. The normalized spacial score (nSPS) is 30.4. The van der Waals surface area contributed by atoms with Crippen molar-refractivity contribution in [3.8, 4) is 0 Å². The summed E-state index contributed by atoms with van der Waals surface area (Å²) in [6, 6.07) is 0. The summed E-state index contributed by atoms with van der Waals surface area (Å²) in [7, 11) is 4.10. The van der Waals surface area contributed by atoms with Gasteiger partial charge in [-0.25, -0.2) is 0 Å². The summed E-state index contributed by atoms with van der Waals surface area (Å²) in [5.41, 5.74) is -0.223. The van der Waals surface area contributed by atoms with Gasteiger partial charge in [-0.15, -0.1) is 0 Å². The highest BCUT2D eigenvalue weighted by atomic mass is 16.2. The lowest BCUT2D eigenvalue weighted by Crippen LogP contribution is -2.73. The van der Waals surface area contributed by atoms with Crippen LogP contribution >= 0.6 is 0 Å². The molecule has 2 N–H and O–H groups in total. The van der Waals surface area contributed by atoms with E-state index in [0.29, 0.717) is 0 Å². The molecule has 2 saturated carbocycles. The second-order valence-electron chi connectivity index (χ2n) is 14.2. The lowest BCUT2D eigenvalue weighted by Gasteiger charge is -2.57. The first-order valence-corrected chi connectivity index (χ1v) is 17.7. The highest BCUT2D eigenvalue weighted by Gasteiger charge is 2.57. The van der Waals surface area contributed by atoms with Gasteiger partial charge in [0, 0.05) is 31.8 Å². The van der Waals surface area contributed by atoms with Gasteiger partial charge in [0.15, 0.2) is 0 Å². The van der Waals surface area contributed by atoms with Crippen molar-refractivity contribution in [2.75, 3.05) is 33.7 Å². The van der Waals surface area contributed by atoms with Crippen molar-refractivity contribution in [3.05, 3.63) is 48.0 Å². The number of nitrogens with one attached hydrogen (secondary N) is 2. The maximum atomic E-state index is 14.3. The Balaban J connectivity index is 0.00000226. The average molecular weight is 622 g/mol.